The summed E-state index contributed by atoms with van der Waals surface area (Å²) in [6.07, 6.45) is 11.2. The quantitative estimate of drug-likeness (QED) is 0.549. The molecule has 9 bridgehead atoms. The third kappa shape index (κ3) is 0.719. The maximum absolute atomic E-state index is 12.6. The Bertz CT molecular complexity index is 667. The molecule has 0 aromatic heterocycles. The number of fused-ring (bicyclic) bond motifs is 1. The maximum Gasteiger partial charge on any atom is 0.129 e. The van der Waals surface area contributed by atoms with Gasteiger partial charge in [0.15, 0.2) is 0 Å². The van der Waals surface area contributed by atoms with Gasteiger partial charge in [-0.2, -0.15) is 0 Å². The summed E-state index contributed by atoms with van der Waals surface area (Å²) in [6.45, 7) is 0. The second kappa shape index (κ2) is 2.90. The van der Waals surface area contributed by atoms with E-state index < -0.39 is 0 Å². The summed E-state index contributed by atoms with van der Waals surface area (Å²) in [7, 11) is 0. The monoisotopic (exact) mass is 294 g/mol. The molecule has 0 radical (unpaired) electrons. The van der Waals surface area contributed by atoms with E-state index >= 15 is 0 Å². The Kier molecular flexibility index (Phi) is 1.45. The molecule has 1 saturated heterocycles. The van der Waals surface area contributed by atoms with Crippen LogP contribution in [-0.2, 0) is 9.53 Å². The van der Waals surface area contributed by atoms with Crippen molar-refractivity contribution in [3.05, 3.63) is 12.2 Å². The van der Waals surface area contributed by atoms with Gasteiger partial charge >= 0.3 is 0 Å². The maximum atomic E-state index is 12.6. The molecule has 9 aliphatic rings. The first kappa shape index (κ1) is 11.0. The van der Waals surface area contributed by atoms with E-state index in [4.69, 9.17) is 4.74 Å². The van der Waals surface area contributed by atoms with Crippen LogP contribution in [0.15, 0.2) is 12.2 Å². The van der Waals surface area contributed by atoms with Crippen molar-refractivity contribution in [2.45, 2.75) is 31.5 Å². The van der Waals surface area contributed by atoms with Crippen LogP contribution in [0.5, 0.6) is 0 Å². The van der Waals surface area contributed by atoms with Crippen molar-refractivity contribution in [1.29, 1.82) is 0 Å². The zero-order chi connectivity index (χ0) is 14.0. The van der Waals surface area contributed by atoms with E-state index in [-0.39, 0.29) is 5.41 Å². The van der Waals surface area contributed by atoms with E-state index in [1.54, 1.807) is 0 Å². The number of hydrogen-bond acceptors (Lipinski definition) is 2. The van der Waals surface area contributed by atoms with Crippen molar-refractivity contribution in [2.75, 3.05) is 0 Å². The largest absolute Gasteiger partial charge is 0.373 e. The summed E-state index contributed by atoms with van der Waals surface area (Å²) in [5, 5.41) is 0. The van der Waals surface area contributed by atoms with Crippen LogP contribution in [0.1, 0.15) is 19.3 Å². The summed E-state index contributed by atoms with van der Waals surface area (Å²) in [6, 6.07) is 0. The number of allylic oxidation sites excluding steroid dienone is 2. The smallest absolute Gasteiger partial charge is 0.129 e. The van der Waals surface area contributed by atoms with Gasteiger partial charge in [0.2, 0.25) is 0 Å². The zero-order valence-corrected chi connectivity index (χ0v) is 12.7. The second-order valence-electron chi connectivity index (χ2n) is 9.87. The van der Waals surface area contributed by atoms with Crippen molar-refractivity contribution in [2.24, 2.45) is 70.5 Å². The average molecular weight is 294 g/mol. The molecule has 8 aliphatic carbocycles. The summed E-state index contributed by atoms with van der Waals surface area (Å²) < 4.78 is 6.77. The summed E-state index contributed by atoms with van der Waals surface area (Å²) in [4.78, 5) is 12.6. The highest BCUT2D eigenvalue weighted by Gasteiger charge is 2.89. The minimum Gasteiger partial charge on any atom is -0.373 e. The van der Waals surface area contributed by atoms with Crippen LogP contribution < -0.4 is 0 Å². The van der Waals surface area contributed by atoms with Gasteiger partial charge in [0, 0.05) is 0 Å². The minimum absolute atomic E-state index is 0.0737. The zero-order valence-electron chi connectivity index (χ0n) is 12.7. The first-order valence-electron chi connectivity index (χ1n) is 9.66. The summed E-state index contributed by atoms with van der Waals surface area (Å²) in [5.41, 5.74) is -0.0737. The molecule has 1 heterocycles. The van der Waals surface area contributed by atoms with Gasteiger partial charge < -0.3 is 9.53 Å². The fraction of sp³-hybridized carbons (Fsp3) is 0.850. The molecule has 0 unspecified atom stereocenters. The van der Waals surface area contributed by atoms with Crippen LogP contribution in [-0.4, -0.2) is 18.5 Å². The van der Waals surface area contributed by atoms with E-state index in [0.29, 0.717) is 24.0 Å². The van der Waals surface area contributed by atoms with Gasteiger partial charge in [-0.25, -0.2) is 0 Å². The molecular formula is C20H22O2. The Morgan fingerprint density at radius 2 is 1.86 bits per heavy atom. The number of hydrogen-bond donors (Lipinski definition) is 0. The minimum atomic E-state index is -0.0737. The Morgan fingerprint density at radius 1 is 0.955 bits per heavy atom. The molecule has 1 aliphatic heterocycles. The van der Waals surface area contributed by atoms with Gasteiger partial charge in [0.1, 0.15) is 6.29 Å². The predicted octanol–water partition coefficient (Wildman–Crippen LogP) is 2.54. The average Bonchev–Trinajstić information content (AvgIpc) is 3.25. The Morgan fingerprint density at radius 3 is 2.77 bits per heavy atom. The first-order valence-corrected chi connectivity index (χ1v) is 9.66. The lowest BCUT2D eigenvalue weighted by atomic mass is 9.56. The SMILES string of the molecule is O=C[C@]12[C@H]3[C@H]4C=CC[C@@H]4[C@H]4[C@@H]3[C@@H]3[C@@H]5[C@@H]4[C@@H]1O[C@@H]1CC[C@H]([C@H]51)[C@@H]32. The van der Waals surface area contributed by atoms with Gasteiger partial charge in [0.05, 0.1) is 17.6 Å². The number of carbonyl (C=O) groups is 1. The van der Waals surface area contributed by atoms with E-state index in [1.807, 2.05) is 0 Å². The molecular weight excluding hydrogens is 272 g/mol. The lowest BCUT2D eigenvalue weighted by Gasteiger charge is -2.54. The number of rotatable bonds is 1. The lowest BCUT2D eigenvalue weighted by Crippen LogP contribution is -2.59. The first-order chi connectivity index (χ1) is 10.9. The topological polar surface area (TPSA) is 26.3 Å². The van der Waals surface area contributed by atoms with E-state index in [2.05, 4.69) is 12.2 Å². The molecule has 0 spiro atoms. The van der Waals surface area contributed by atoms with E-state index in [0.717, 1.165) is 53.3 Å². The molecule has 9 rings (SSSR count). The van der Waals surface area contributed by atoms with Gasteiger partial charge in [-0.15, -0.1) is 0 Å². The Balaban J connectivity index is 1.48. The lowest BCUT2D eigenvalue weighted by molar-refractivity contribution is -0.204. The highest BCUT2D eigenvalue weighted by molar-refractivity contribution is 5.67. The summed E-state index contributed by atoms with van der Waals surface area (Å²) >= 11 is 0. The summed E-state index contributed by atoms with van der Waals surface area (Å²) in [5.74, 6) is 9.08. The van der Waals surface area contributed by atoms with E-state index in [9.17, 15) is 4.79 Å². The molecule has 114 valence electrons. The van der Waals surface area contributed by atoms with Crippen molar-refractivity contribution < 1.29 is 9.53 Å². The molecule has 0 amide bonds. The molecule has 22 heavy (non-hydrogen) atoms. The fourth-order valence-corrected chi connectivity index (χ4v) is 10.8. The van der Waals surface area contributed by atoms with Crippen LogP contribution in [0.3, 0.4) is 0 Å². The standard InChI is InChI=1S/C20H22O2/c21-6-20-17-8-3-1-2-7(8)12-14(17)15-13-11-9(18(15)20)4-5-10(11)22-19(20)16(12)13/h1,3,6-19H,2,4-5H2/t7-,8-,9+,10+,11-,12-,13+,14+,15-,16+,17-,18-,19-,20+/m0/s1. The molecule has 0 aromatic carbocycles. The number of ether oxygens (including phenoxy) is 1. The number of carbonyl (C=O) groups excluding carboxylic acids is 1. The highest BCUT2D eigenvalue weighted by Crippen LogP contribution is 2.88. The third-order valence-electron chi connectivity index (χ3n) is 10.4. The van der Waals surface area contributed by atoms with Gasteiger partial charge in [-0.3, -0.25) is 0 Å². The highest BCUT2D eigenvalue weighted by atomic mass is 16.5. The van der Waals surface area contributed by atoms with Gasteiger partial charge in [0.25, 0.3) is 0 Å². The van der Waals surface area contributed by atoms with Crippen molar-refractivity contribution in [1.82, 2.24) is 0 Å². The second-order valence-corrected chi connectivity index (χ2v) is 9.87. The van der Waals surface area contributed by atoms with Crippen molar-refractivity contribution in [3.8, 4) is 0 Å². The van der Waals surface area contributed by atoms with E-state index in [1.165, 1.54) is 25.5 Å². The normalized spacial score (nSPS) is 78.8. The van der Waals surface area contributed by atoms with Crippen LogP contribution in [0.4, 0.5) is 0 Å². The van der Waals surface area contributed by atoms with Crippen LogP contribution in [0.25, 0.3) is 0 Å². The molecule has 8 fully saturated rings. The molecule has 0 aromatic rings. The van der Waals surface area contributed by atoms with Crippen molar-refractivity contribution >= 4 is 6.29 Å². The molecule has 2 heteroatoms. The van der Waals surface area contributed by atoms with Crippen LogP contribution in [0.2, 0.25) is 0 Å². The fourth-order valence-electron chi connectivity index (χ4n) is 10.8. The van der Waals surface area contributed by atoms with Crippen LogP contribution >= 0.6 is 0 Å². The van der Waals surface area contributed by atoms with Gasteiger partial charge in [-0.1, -0.05) is 12.2 Å². The third-order valence-corrected chi connectivity index (χ3v) is 10.4. The van der Waals surface area contributed by atoms with Crippen LogP contribution in [0, 0.1) is 70.5 Å². The van der Waals surface area contributed by atoms with Gasteiger partial charge in [-0.05, 0) is 84.4 Å². The van der Waals surface area contributed by atoms with Crippen molar-refractivity contribution in [3.63, 3.8) is 0 Å². The molecule has 0 N–H and O–H groups in total. The molecule has 2 nitrogen and oxygen atoms in total. The molecule has 7 saturated carbocycles. The molecule has 14 atom stereocenters. The Labute approximate surface area is 130 Å². The Hall–Kier alpha value is -0.630. The number of aldehydes is 1. The predicted molar refractivity (Wildman–Crippen MR) is 78.5 cm³/mol.